The lowest BCUT2D eigenvalue weighted by Crippen LogP contribution is -2.12. The number of alkyl halides is 3. The third-order valence-electron chi connectivity index (χ3n) is 1.75. The summed E-state index contributed by atoms with van der Waals surface area (Å²) in [6, 6.07) is 0.711. The topological polar surface area (TPSA) is 70.3 Å². The van der Waals surface area contributed by atoms with Gasteiger partial charge in [0.1, 0.15) is 0 Å². The van der Waals surface area contributed by atoms with Gasteiger partial charge in [-0.05, 0) is 0 Å². The van der Waals surface area contributed by atoms with Crippen LogP contribution in [0.15, 0.2) is 6.07 Å². The Balaban J connectivity index is 2.69. The normalized spacial score (nSPS) is 11.5. The maximum atomic E-state index is 12.4. The third kappa shape index (κ3) is 4.43. The number of methoxy groups -OCH3 is 1. The maximum Gasteiger partial charge on any atom is 0.433 e. The van der Waals surface area contributed by atoms with E-state index < -0.39 is 17.8 Å². The number of aromatic nitrogens is 2. The Morgan fingerprint density at radius 3 is 2.59 bits per heavy atom. The number of rotatable bonds is 5. The first-order valence-corrected chi connectivity index (χ1v) is 4.77. The number of nitrogens with two attached hydrogens (primary N) is 1. The van der Waals surface area contributed by atoms with Crippen molar-refractivity contribution in [2.24, 2.45) is 0 Å². The fraction of sp³-hybridized carbons (Fsp3) is 0.556. The van der Waals surface area contributed by atoms with E-state index in [-0.39, 0.29) is 12.5 Å². The maximum absolute atomic E-state index is 12.4. The molecule has 8 heteroatoms. The van der Waals surface area contributed by atoms with Crippen molar-refractivity contribution in [2.75, 3.05) is 26.1 Å². The molecule has 0 spiro atoms. The molecular formula is C9H12F3N3O2. The molecule has 1 aromatic rings. The Morgan fingerprint density at radius 1 is 1.29 bits per heavy atom. The molecule has 0 bridgehead atoms. The van der Waals surface area contributed by atoms with Crippen LogP contribution < -0.4 is 10.5 Å². The summed E-state index contributed by atoms with van der Waals surface area (Å²) in [5.41, 5.74) is 4.04. The molecule has 0 amide bonds. The van der Waals surface area contributed by atoms with Crippen molar-refractivity contribution in [3.63, 3.8) is 0 Å². The van der Waals surface area contributed by atoms with Crippen LogP contribution in [0.5, 0.6) is 5.88 Å². The Kier molecular flexibility index (Phi) is 4.50. The average molecular weight is 251 g/mol. The van der Waals surface area contributed by atoms with Crippen LogP contribution in [0.4, 0.5) is 19.1 Å². The molecular weight excluding hydrogens is 239 g/mol. The molecule has 0 saturated heterocycles. The number of ether oxygens (including phenoxy) is 2. The van der Waals surface area contributed by atoms with Crippen LogP contribution in [0.1, 0.15) is 12.1 Å². The Bertz CT molecular complexity index is 371. The van der Waals surface area contributed by atoms with Crippen LogP contribution in [0.3, 0.4) is 0 Å². The van der Waals surface area contributed by atoms with Crippen LogP contribution in [0, 0.1) is 0 Å². The minimum atomic E-state index is -4.57. The molecule has 1 aromatic heterocycles. The fourth-order valence-electron chi connectivity index (χ4n) is 1.04. The first kappa shape index (κ1) is 13.5. The summed E-state index contributed by atoms with van der Waals surface area (Å²) < 4.78 is 46.9. The Hall–Kier alpha value is -1.57. The second kappa shape index (κ2) is 5.67. The molecule has 1 heterocycles. The lowest BCUT2D eigenvalue weighted by atomic mass is 10.4. The highest BCUT2D eigenvalue weighted by Crippen LogP contribution is 2.29. The second-order valence-electron chi connectivity index (χ2n) is 3.14. The monoisotopic (exact) mass is 251 g/mol. The average Bonchev–Trinajstić information content (AvgIpc) is 2.22. The Morgan fingerprint density at radius 2 is 2.00 bits per heavy atom. The van der Waals surface area contributed by atoms with E-state index in [0.29, 0.717) is 19.1 Å². The highest BCUT2D eigenvalue weighted by Gasteiger charge is 2.33. The Labute approximate surface area is 95.8 Å². The van der Waals surface area contributed by atoms with Gasteiger partial charge in [-0.25, -0.2) is 4.98 Å². The molecule has 1 rings (SSSR count). The van der Waals surface area contributed by atoms with E-state index in [1.165, 1.54) is 7.11 Å². The quantitative estimate of drug-likeness (QED) is 0.803. The smallest absolute Gasteiger partial charge is 0.433 e. The van der Waals surface area contributed by atoms with E-state index >= 15 is 0 Å². The van der Waals surface area contributed by atoms with Crippen LogP contribution in [0.25, 0.3) is 0 Å². The standard InChI is InChI=1S/C9H12F3N3O2/c1-16-3-2-4-17-7-5-6(9(10,11)12)14-8(13)15-7/h5H,2-4H2,1H3,(H2,13,14,15). The zero-order valence-corrected chi connectivity index (χ0v) is 9.12. The lowest BCUT2D eigenvalue weighted by molar-refractivity contribution is -0.141. The first-order chi connectivity index (χ1) is 7.93. The molecule has 0 aliphatic carbocycles. The molecule has 5 nitrogen and oxygen atoms in total. The molecule has 0 fully saturated rings. The number of hydrogen-bond acceptors (Lipinski definition) is 5. The highest BCUT2D eigenvalue weighted by atomic mass is 19.4. The molecule has 0 unspecified atom stereocenters. The van der Waals surface area contributed by atoms with E-state index in [0.717, 1.165) is 0 Å². The zero-order chi connectivity index (χ0) is 12.9. The van der Waals surface area contributed by atoms with Gasteiger partial charge in [-0.3, -0.25) is 0 Å². The number of halogens is 3. The number of hydrogen-bond donors (Lipinski definition) is 1. The van der Waals surface area contributed by atoms with Gasteiger partial charge >= 0.3 is 6.18 Å². The highest BCUT2D eigenvalue weighted by molar-refractivity contribution is 5.27. The summed E-state index contributed by atoms with van der Waals surface area (Å²) in [4.78, 5) is 6.64. The van der Waals surface area contributed by atoms with Gasteiger partial charge in [0.2, 0.25) is 11.8 Å². The van der Waals surface area contributed by atoms with Crippen molar-refractivity contribution >= 4 is 5.95 Å². The van der Waals surface area contributed by atoms with Gasteiger partial charge in [0, 0.05) is 26.2 Å². The molecule has 0 atom stereocenters. The van der Waals surface area contributed by atoms with Crippen LogP contribution in [0.2, 0.25) is 0 Å². The van der Waals surface area contributed by atoms with Crippen molar-refractivity contribution in [2.45, 2.75) is 12.6 Å². The van der Waals surface area contributed by atoms with Crippen molar-refractivity contribution in [3.05, 3.63) is 11.8 Å². The molecule has 0 aliphatic rings. The predicted octanol–water partition coefficient (Wildman–Crippen LogP) is 1.49. The summed E-state index contributed by atoms with van der Waals surface area (Å²) in [6.45, 7) is 0.647. The molecule has 17 heavy (non-hydrogen) atoms. The lowest BCUT2D eigenvalue weighted by Gasteiger charge is -2.09. The van der Waals surface area contributed by atoms with E-state index in [1.807, 2.05) is 0 Å². The van der Waals surface area contributed by atoms with Crippen LogP contribution >= 0.6 is 0 Å². The SMILES string of the molecule is COCCCOc1cc(C(F)(F)F)nc(N)n1. The van der Waals surface area contributed by atoms with Gasteiger partial charge < -0.3 is 15.2 Å². The third-order valence-corrected chi connectivity index (χ3v) is 1.75. The van der Waals surface area contributed by atoms with Crippen molar-refractivity contribution in [3.8, 4) is 5.88 Å². The summed E-state index contributed by atoms with van der Waals surface area (Å²) in [5, 5.41) is 0. The molecule has 0 radical (unpaired) electrons. The van der Waals surface area contributed by atoms with E-state index in [1.54, 1.807) is 0 Å². The largest absolute Gasteiger partial charge is 0.477 e. The number of anilines is 1. The minimum absolute atomic E-state index is 0.194. The summed E-state index contributed by atoms with van der Waals surface area (Å²) in [6.07, 6.45) is -4.02. The molecule has 2 N–H and O–H groups in total. The van der Waals surface area contributed by atoms with Gasteiger partial charge in [-0.2, -0.15) is 18.2 Å². The molecule has 0 saturated carbocycles. The van der Waals surface area contributed by atoms with Gasteiger partial charge in [-0.1, -0.05) is 0 Å². The van der Waals surface area contributed by atoms with Crippen molar-refractivity contribution < 1.29 is 22.6 Å². The second-order valence-corrected chi connectivity index (χ2v) is 3.14. The van der Waals surface area contributed by atoms with Gasteiger partial charge in [0.15, 0.2) is 5.69 Å². The van der Waals surface area contributed by atoms with E-state index in [2.05, 4.69) is 9.97 Å². The predicted molar refractivity (Wildman–Crippen MR) is 53.4 cm³/mol. The fourth-order valence-corrected chi connectivity index (χ4v) is 1.04. The van der Waals surface area contributed by atoms with E-state index in [9.17, 15) is 13.2 Å². The summed E-state index contributed by atoms with van der Waals surface area (Å²) in [5.74, 6) is -0.664. The van der Waals surface area contributed by atoms with E-state index in [4.69, 9.17) is 15.2 Å². The molecule has 0 aliphatic heterocycles. The summed E-state index contributed by atoms with van der Waals surface area (Å²) in [7, 11) is 1.52. The number of nitrogens with zero attached hydrogens (tertiary/aromatic N) is 2. The molecule has 96 valence electrons. The number of nitrogen functional groups attached to an aromatic ring is 1. The van der Waals surface area contributed by atoms with Crippen molar-refractivity contribution in [1.29, 1.82) is 0 Å². The van der Waals surface area contributed by atoms with Crippen LogP contribution in [-0.4, -0.2) is 30.3 Å². The van der Waals surface area contributed by atoms with Crippen molar-refractivity contribution in [1.82, 2.24) is 9.97 Å². The first-order valence-electron chi connectivity index (χ1n) is 4.77. The minimum Gasteiger partial charge on any atom is -0.477 e. The van der Waals surface area contributed by atoms with Crippen LogP contribution in [-0.2, 0) is 10.9 Å². The van der Waals surface area contributed by atoms with Gasteiger partial charge in [-0.15, -0.1) is 0 Å². The van der Waals surface area contributed by atoms with Gasteiger partial charge in [0.05, 0.1) is 6.61 Å². The van der Waals surface area contributed by atoms with Gasteiger partial charge in [0.25, 0.3) is 0 Å². The zero-order valence-electron chi connectivity index (χ0n) is 9.12. The molecule has 0 aromatic carbocycles. The summed E-state index contributed by atoms with van der Waals surface area (Å²) >= 11 is 0.